The third-order valence-electron chi connectivity index (χ3n) is 2.83. The van der Waals surface area contributed by atoms with Crippen molar-refractivity contribution in [3.63, 3.8) is 0 Å². The average Bonchev–Trinajstić information content (AvgIpc) is 2.66. The standard InChI is InChI=1S/C12H17NO2S/c1-9(14)6-11-8-13-12(15-11)7-10-2-4-16-5-3-10/h8,10H,2-7H2,1H3. The molecule has 0 radical (unpaired) electrons. The van der Waals surface area contributed by atoms with Gasteiger partial charge in [-0.25, -0.2) is 4.98 Å². The van der Waals surface area contributed by atoms with Crippen LogP contribution in [0, 0.1) is 5.92 Å². The van der Waals surface area contributed by atoms with Gasteiger partial charge in [0.05, 0.1) is 12.6 Å². The van der Waals surface area contributed by atoms with Crippen LogP contribution in [0.15, 0.2) is 10.6 Å². The van der Waals surface area contributed by atoms with E-state index in [1.807, 2.05) is 11.8 Å². The van der Waals surface area contributed by atoms with Crippen LogP contribution in [0.5, 0.6) is 0 Å². The topological polar surface area (TPSA) is 43.1 Å². The number of hydrogen-bond acceptors (Lipinski definition) is 4. The SMILES string of the molecule is CC(=O)Cc1cnc(CC2CCSCC2)o1. The van der Waals surface area contributed by atoms with Gasteiger partial charge in [-0.3, -0.25) is 4.79 Å². The minimum atomic E-state index is 0.122. The Bertz CT molecular complexity index is 356. The molecular formula is C12H17NO2S. The lowest BCUT2D eigenvalue weighted by atomic mass is 9.99. The Labute approximate surface area is 100 Å². The van der Waals surface area contributed by atoms with E-state index in [1.54, 1.807) is 13.1 Å². The van der Waals surface area contributed by atoms with Crippen molar-refractivity contribution >= 4 is 17.5 Å². The number of carbonyl (C=O) groups is 1. The summed E-state index contributed by atoms with van der Waals surface area (Å²) in [6.45, 7) is 1.57. The summed E-state index contributed by atoms with van der Waals surface area (Å²) in [7, 11) is 0. The summed E-state index contributed by atoms with van der Waals surface area (Å²) in [5.74, 6) is 4.85. The molecule has 1 fully saturated rings. The predicted octanol–water partition coefficient (Wildman–Crippen LogP) is 2.49. The molecule has 1 aromatic heterocycles. The van der Waals surface area contributed by atoms with E-state index in [-0.39, 0.29) is 5.78 Å². The fraction of sp³-hybridized carbons (Fsp3) is 0.667. The maximum Gasteiger partial charge on any atom is 0.194 e. The molecule has 2 rings (SSSR count). The Morgan fingerprint density at radius 1 is 1.56 bits per heavy atom. The smallest absolute Gasteiger partial charge is 0.194 e. The highest BCUT2D eigenvalue weighted by Crippen LogP contribution is 2.25. The van der Waals surface area contributed by atoms with E-state index in [4.69, 9.17) is 4.42 Å². The third kappa shape index (κ3) is 3.37. The van der Waals surface area contributed by atoms with Crippen LogP contribution < -0.4 is 0 Å². The number of hydrogen-bond donors (Lipinski definition) is 0. The first kappa shape index (κ1) is 11.7. The molecule has 1 aromatic rings. The highest BCUT2D eigenvalue weighted by molar-refractivity contribution is 7.99. The number of nitrogens with zero attached hydrogens (tertiary/aromatic N) is 1. The third-order valence-corrected chi connectivity index (χ3v) is 3.88. The van der Waals surface area contributed by atoms with Gasteiger partial charge < -0.3 is 4.42 Å². The van der Waals surface area contributed by atoms with Gasteiger partial charge in [0.25, 0.3) is 0 Å². The van der Waals surface area contributed by atoms with Crippen LogP contribution in [0.4, 0.5) is 0 Å². The summed E-state index contributed by atoms with van der Waals surface area (Å²) in [5, 5.41) is 0. The molecule has 0 atom stereocenters. The van der Waals surface area contributed by atoms with Crippen molar-refractivity contribution < 1.29 is 9.21 Å². The molecule has 0 aliphatic carbocycles. The van der Waals surface area contributed by atoms with Crippen LogP contribution in [0.1, 0.15) is 31.4 Å². The van der Waals surface area contributed by atoms with E-state index in [9.17, 15) is 4.79 Å². The molecule has 88 valence electrons. The average molecular weight is 239 g/mol. The van der Waals surface area contributed by atoms with Crippen LogP contribution in [0.2, 0.25) is 0 Å². The van der Waals surface area contributed by atoms with Gasteiger partial charge in [-0.1, -0.05) is 0 Å². The fourth-order valence-corrected chi connectivity index (χ4v) is 3.17. The first-order valence-electron chi connectivity index (χ1n) is 5.75. The number of oxazole rings is 1. The summed E-state index contributed by atoms with van der Waals surface area (Å²) in [4.78, 5) is 15.2. The highest BCUT2D eigenvalue weighted by atomic mass is 32.2. The van der Waals surface area contributed by atoms with Gasteiger partial charge in [-0.05, 0) is 37.2 Å². The number of thioether (sulfide) groups is 1. The van der Waals surface area contributed by atoms with E-state index in [0.29, 0.717) is 18.1 Å². The predicted molar refractivity (Wildman–Crippen MR) is 64.6 cm³/mol. The maximum atomic E-state index is 10.9. The molecule has 0 unspecified atom stereocenters. The molecule has 0 N–H and O–H groups in total. The maximum absolute atomic E-state index is 10.9. The minimum absolute atomic E-state index is 0.122. The Morgan fingerprint density at radius 3 is 3.00 bits per heavy atom. The van der Waals surface area contributed by atoms with E-state index < -0.39 is 0 Å². The zero-order valence-electron chi connectivity index (χ0n) is 9.57. The van der Waals surface area contributed by atoms with Gasteiger partial charge in [0.15, 0.2) is 5.89 Å². The molecule has 0 amide bonds. The lowest BCUT2D eigenvalue weighted by Gasteiger charge is -2.19. The number of carbonyl (C=O) groups excluding carboxylic acids is 1. The molecule has 1 aliphatic rings. The molecule has 1 saturated heterocycles. The van der Waals surface area contributed by atoms with Gasteiger partial charge in [-0.15, -0.1) is 0 Å². The Kier molecular flexibility index (Phi) is 4.04. The van der Waals surface area contributed by atoms with Crippen LogP contribution in [-0.2, 0) is 17.6 Å². The second-order valence-corrected chi connectivity index (χ2v) is 5.58. The van der Waals surface area contributed by atoms with Gasteiger partial charge >= 0.3 is 0 Å². The number of Topliss-reactive ketones (excluding diaryl/α,β-unsaturated/α-hetero) is 1. The summed E-state index contributed by atoms with van der Waals surface area (Å²) < 4.78 is 5.56. The second kappa shape index (κ2) is 5.53. The van der Waals surface area contributed by atoms with E-state index in [0.717, 1.165) is 12.3 Å². The van der Waals surface area contributed by atoms with Crippen molar-refractivity contribution in [2.75, 3.05) is 11.5 Å². The molecule has 1 aliphatic heterocycles. The molecule has 3 nitrogen and oxygen atoms in total. The van der Waals surface area contributed by atoms with Crippen molar-refractivity contribution in [3.8, 4) is 0 Å². The lowest BCUT2D eigenvalue weighted by molar-refractivity contribution is -0.116. The van der Waals surface area contributed by atoms with Crippen LogP contribution >= 0.6 is 11.8 Å². The lowest BCUT2D eigenvalue weighted by Crippen LogP contribution is -2.12. The Morgan fingerprint density at radius 2 is 2.31 bits per heavy atom. The first-order valence-corrected chi connectivity index (χ1v) is 6.90. The van der Waals surface area contributed by atoms with Gasteiger partial charge in [0.2, 0.25) is 0 Å². The van der Waals surface area contributed by atoms with E-state index in [1.165, 1.54) is 24.3 Å². The molecule has 0 saturated carbocycles. The Balaban J connectivity index is 1.88. The van der Waals surface area contributed by atoms with Crippen LogP contribution in [0.25, 0.3) is 0 Å². The van der Waals surface area contributed by atoms with Crippen molar-refractivity contribution in [1.82, 2.24) is 4.98 Å². The van der Waals surface area contributed by atoms with Crippen molar-refractivity contribution in [3.05, 3.63) is 17.8 Å². The normalized spacial score (nSPS) is 17.6. The molecule has 16 heavy (non-hydrogen) atoms. The molecule has 2 heterocycles. The monoisotopic (exact) mass is 239 g/mol. The summed E-state index contributed by atoms with van der Waals surface area (Å²) >= 11 is 2.03. The Hall–Kier alpha value is -0.770. The van der Waals surface area contributed by atoms with Gasteiger partial charge in [0, 0.05) is 6.42 Å². The molecule has 4 heteroatoms. The summed E-state index contributed by atoms with van der Waals surface area (Å²) in [6, 6.07) is 0. The van der Waals surface area contributed by atoms with Crippen molar-refractivity contribution in [1.29, 1.82) is 0 Å². The first-order chi connectivity index (χ1) is 7.74. The van der Waals surface area contributed by atoms with Crippen LogP contribution in [0.3, 0.4) is 0 Å². The highest BCUT2D eigenvalue weighted by Gasteiger charge is 2.17. The van der Waals surface area contributed by atoms with E-state index in [2.05, 4.69) is 4.98 Å². The van der Waals surface area contributed by atoms with E-state index >= 15 is 0 Å². The molecular weight excluding hydrogens is 222 g/mol. The van der Waals surface area contributed by atoms with Crippen molar-refractivity contribution in [2.24, 2.45) is 5.92 Å². The largest absolute Gasteiger partial charge is 0.445 e. The van der Waals surface area contributed by atoms with Gasteiger partial charge in [-0.2, -0.15) is 11.8 Å². The zero-order valence-corrected chi connectivity index (χ0v) is 10.4. The minimum Gasteiger partial charge on any atom is -0.445 e. The molecule has 0 bridgehead atoms. The second-order valence-electron chi connectivity index (χ2n) is 4.36. The number of rotatable bonds is 4. The number of aromatic nitrogens is 1. The van der Waals surface area contributed by atoms with Crippen LogP contribution in [-0.4, -0.2) is 22.3 Å². The van der Waals surface area contributed by atoms with Crippen molar-refractivity contribution in [2.45, 2.75) is 32.6 Å². The molecule has 0 aromatic carbocycles. The zero-order chi connectivity index (χ0) is 11.4. The summed E-state index contributed by atoms with van der Waals surface area (Å²) in [6.07, 6.45) is 5.50. The van der Waals surface area contributed by atoms with Gasteiger partial charge in [0.1, 0.15) is 11.5 Å². The summed E-state index contributed by atoms with van der Waals surface area (Å²) in [5.41, 5.74) is 0. The fourth-order valence-electron chi connectivity index (χ4n) is 1.97. The quantitative estimate of drug-likeness (QED) is 0.809. The number of ketones is 1. The molecule has 0 spiro atoms.